The maximum absolute atomic E-state index is 11.2. The Hall–Kier alpha value is -1.95. The summed E-state index contributed by atoms with van der Waals surface area (Å²) in [6.45, 7) is 1.96. The van der Waals surface area contributed by atoms with Crippen LogP contribution in [0.25, 0.3) is 0 Å². The highest BCUT2D eigenvalue weighted by atomic mass is 16.6. The zero-order valence-electron chi connectivity index (χ0n) is 10.8. The summed E-state index contributed by atoms with van der Waals surface area (Å²) in [5.41, 5.74) is 6.59. The second-order valence-corrected chi connectivity index (χ2v) is 4.13. The van der Waals surface area contributed by atoms with Crippen LogP contribution in [-0.4, -0.2) is 23.5 Å². The fourth-order valence-electron chi connectivity index (χ4n) is 1.81. The number of hydrogen-bond donors (Lipinski definition) is 1. The molecule has 0 saturated heterocycles. The van der Waals surface area contributed by atoms with Gasteiger partial charge in [-0.3, -0.25) is 14.9 Å². The number of carbonyl (C=O) groups excluding carboxylic acids is 1. The van der Waals surface area contributed by atoms with E-state index in [0.717, 1.165) is 0 Å². The number of nitrogens with zero attached hydrogens (tertiary/aromatic N) is 1. The Kier molecular flexibility index (Phi) is 5.95. The summed E-state index contributed by atoms with van der Waals surface area (Å²) < 4.78 is 4.76. The molecule has 6 heteroatoms. The summed E-state index contributed by atoms with van der Waals surface area (Å²) in [7, 11) is 0. The van der Waals surface area contributed by atoms with Crippen molar-refractivity contribution in [3.8, 4) is 0 Å². The number of nitro groups is 1. The smallest absolute Gasteiger partial charge is 0.306 e. The highest BCUT2D eigenvalue weighted by molar-refractivity contribution is 5.69. The van der Waals surface area contributed by atoms with Crippen molar-refractivity contribution in [2.45, 2.75) is 31.8 Å². The Morgan fingerprint density at radius 2 is 2.05 bits per heavy atom. The third kappa shape index (κ3) is 4.67. The lowest BCUT2D eigenvalue weighted by Gasteiger charge is -2.17. The number of esters is 1. The number of hydrogen-bond acceptors (Lipinski definition) is 5. The van der Waals surface area contributed by atoms with Gasteiger partial charge in [-0.05, 0) is 12.5 Å². The van der Waals surface area contributed by atoms with Gasteiger partial charge in [0, 0.05) is 11.3 Å². The number of ether oxygens (including phenoxy) is 1. The molecule has 0 aliphatic heterocycles. The summed E-state index contributed by atoms with van der Waals surface area (Å²) >= 11 is 0. The summed E-state index contributed by atoms with van der Waals surface area (Å²) in [5, 5.41) is 11.1. The maximum atomic E-state index is 11.2. The average molecular weight is 266 g/mol. The SMILES string of the molecule is CCOC(=O)CC[C@H]([C@@H](N)c1ccccc1)[N+](=O)[O-]. The normalized spacial score (nSPS) is 13.6. The quantitative estimate of drug-likeness (QED) is 0.460. The standard InChI is InChI=1S/C13H18N2O4/c1-2-19-12(16)9-8-11(15(17)18)13(14)10-6-4-3-5-7-10/h3-7,11,13H,2,8-9,14H2,1H3/t11-,13+/m1/s1. The summed E-state index contributed by atoms with van der Waals surface area (Å²) in [6.07, 6.45) is 0.0713. The van der Waals surface area contributed by atoms with E-state index in [0.29, 0.717) is 5.56 Å². The van der Waals surface area contributed by atoms with Crippen LogP contribution in [0.5, 0.6) is 0 Å². The Morgan fingerprint density at radius 1 is 1.42 bits per heavy atom. The molecule has 0 heterocycles. The Bertz CT molecular complexity index is 422. The van der Waals surface area contributed by atoms with Gasteiger partial charge in [0.2, 0.25) is 6.04 Å². The fourth-order valence-corrected chi connectivity index (χ4v) is 1.81. The van der Waals surface area contributed by atoms with Crippen LogP contribution in [0.3, 0.4) is 0 Å². The van der Waals surface area contributed by atoms with Gasteiger partial charge in [0.15, 0.2) is 0 Å². The molecule has 0 aliphatic rings. The Morgan fingerprint density at radius 3 is 2.58 bits per heavy atom. The fraction of sp³-hybridized carbons (Fsp3) is 0.462. The molecule has 0 radical (unpaired) electrons. The molecular weight excluding hydrogens is 248 g/mol. The van der Waals surface area contributed by atoms with E-state index in [9.17, 15) is 14.9 Å². The monoisotopic (exact) mass is 266 g/mol. The van der Waals surface area contributed by atoms with Crippen molar-refractivity contribution in [3.05, 3.63) is 46.0 Å². The zero-order chi connectivity index (χ0) is 14.3. The van der Waals surface area contributed by atoms with Gasteiger partial charge in [-0.15, -0.1) is 0 Å². The van der Waals surface area contributed by atoms with Crippen LogP contribution in [0.4, 0.5) is 0 Å². The molecule has 1 aromatic carbocycles. The highest BCUT2D eigenvalue weighted by Gasteiger charge is 2.30. The van der Waals surface area contributed by atoms with E-state index in [1.54, 1.807) is 31.2 Å². The molecule has 0 amide bonds. The van der Waals surface area contributed by atoms with Gasteiger partial charge in [-0.2, -0.15) is 0 Å². The molecule has 2 N–H and O–H groups in total. The van der Waals surface area contributed by atoms with Crippen molar-refractivity contribution in [2.24, 2.45) is 5.73 Å². The number of benzene rings is 1. The van der Waals surface area contributed by atoms with Crippen LogP contribution < -0.4 is 5.73 Å². The van der Waals surface area contributed by atoms with E-state index >= 15 is 0 Å². The molecule has 0 spiro atoms. The van der Waals surface area contributed by atoms with Crippen molar-refractivity contribution >= 4 is 5.97 Å². The van der Waals surface area contributed by atoms with Crippen LogP contribution in [0.15, 0.2) is 30.3 Å². The molecule has 0 aromatic heterocycles. The minimum absolute atomic E-state index is 0.0000201. The van der Waals surface area contributed by atoms with Gasteiger partial charge >= 0.3 is 5.97 Å². The second kappa shape index (κ2) is 7.48. The van der Waals surface area contributed by atoms with Crippen molar-refractivity contribution in [1.29, 1.82) is 0 Å². The van der Waals surface area contributed by atoms with Gasteiger partial charge in [0.05, 0.1) is 19.1 Å². The van der Waals surface area contributed by atoms with E-state index in [4.69, 9.17) is 10.5 Å². The van der Waals surface area contributed by atoms with Gasteiger partial charge < -0.3 is 10.5 Å². The number of carbonyl (C=O) groups is 1. The van der Waals surface area contributed by atoms with Gasteiger partial charge in [0.25, 0.3) is 0 Å². The first kappa shape index (κ1) is 15.1. The molecule has 19 heavy (non-hydrogen) atoms. The van der Waals surface area contributed by atoms with Crippen LogP contribution in [-0.2, 0) is 9.53 Å². The topological polar surface area (TPSA) is 95.5 Å². The first-order valence-electron chi connectivity index (χ1n) is 6.16. The van der Waals surface area contributed by atoms with Crippen molar-refractivity contribution in [1.82, 2.24) is 0 Å². The minimum atomic E-state index is -0.994. The molecule has 1 rings (SSSR count). The first-order chi connectivity index (χ1) is 9.06. The molecule has 0 aliphatic carbocycles. The molecule has 2 atom stereocenters. The van der Waals surface area contributed by atoms with E-state index < -0.39 is 23.0 Å². The van der Waals surface area contributed by atoms with Gasteiger partial charge in [0.1, 0.15) is 0 Å². The first-order valence-corrected chi connectivity index (χ1v) is 6.16. The van der Waals surface area contributed by atoms with Crippen LogP contribution >= 0.6 is 0 Å². The molecule has 104 valence electrons. The molecule has 0 unspecified atom stereocenters. The minimum Gasteiger partial charge on any atom is -0.466 e. The molecular formula is C13H18N2O4. The average Bonchev–Trinajstić information content (AvgIpc) is 2.39. The lowest BCUT2D eigenvalue weighted by Crippen LogP contribution is -2.33. The molecule has 0 saturated carbocycles. The molecule has 6 nitrogen and oxygen atoms in total. The second-order valence-electron chi connectivity index (χ2n) is 4.13. The lowest BCUT2D eigenvalue weighted by atomic mass is 9.97. The van der Waals surface area contributed by atoms with Gasteiger partial charge in [-0.25, -0.2) is 0 Å². The maximum Gasteiger partial charge on any atom is 0.306 e. The van der Waals surface area contributed by atoms with Gasteiger partial charge in [-0.1, -0.05) is 30.3 Å². The highest BCUT2D eigenvalue weighted by Crippen LogP contribution is 2.19. The van der Waals surface area contributed by atoms with Crippen molar-refractivity contribution in [3.63, 3.8) is 0 Å². The largest absolute Gasteiger partial charge is 0.466 e. The zero-order valence-corrected chi connectivity index (χ0v) is 10.8. The van der Waals surface area contributed by atoms with E-state index in [1.807, 2.05) is 6.07 Å². The van der Waals surface area contributed by atoms with Crippen LogP contribution in [0.2, 0.25) is 0 Å². The predicted molar refractivity (Wildman–Crippen MR) is 70.0 cm³/mol. The molecule has 1 aromatic rings. The van der Waals surface area contributed by atoms with Crippen molar-refractivity contribution < 1.29 is 14.5 Å². The Labute approximate surface area is 111 Å². The Balaban J connectivity index is 2.67. The van der Waals surface area contributed by atoms with Crippen molar-refractivity contribution in [2.75, 3.05) is 6.61 Å². The third-order valence-corrected chi connectivity index (χ3v) is 2.82. The van der Waals surface area contributed by atoms with Crippen LogP contribution in [0.1, 0.15) is 31.4 Å². The van der Waals surface area contributed by atoms with E-state index in [2.05, 4.69) is 0 Å². The number of nitrogens with two attached hydrogens (primary N) is 1. The van der Waals surface area contributed by atoms with E-state index in [-0.39, 0.29) is 19.4 Å². The summed E-state index contributed by atoms with van der Waals surface area (Å²) in [6, 6.07) is 7.12. The van der Waals surface area contributed by atoms with Crippen LogP contribution in [0, 0.1) is 10.1 Å². The summed E-state index contributed by atoms with van der Waals surface area (Å²) in [4.78, 5) is 21.9. The summed E-state index contributed by atoms with van der Waals surface area (Å²) in [5.74, 6) is -0.436. The third-order valence-electron chi connectivity index (χ3n) is 2.82. The lowest BCUT2D eigenvalue weighted by molar-refractivity contribution is -0.527. The predicted octanol–water partition coefficient (Wildman–Crippen LogP) is 1.68. The molecule has 0 fully saturated rings. The van der Waals surface area contributed by atoms with E-state index in [1.165, 1.54) is 0 Å². The number of rotatable bonds is 7. The molecule has 0 bridgehead atoms.